The maximum absolute atomic E-state index is 13.6. The van der Waals surface area contributed by atoms with Crippen molar-refractivity contribution in [2.45, 2.75) is 40.0 Å². The number of para-hydroxylation sites is 1. The van der Waals surface area contributed by atoms with Crippen molar-refractivity contribution in [1.82, 2.24) is 4.90 Å². The van der Waals surface area contributed by atoms with Crippen molar-refractivity contribution in [2.75, 3.05) is 31.2 Å². The Balaban J connectivity index is 1.78. The van der Waals surface area contributed by atoms with Crippen molar-refractivity contribution in [1.29, 1.82) is 0 Å². The number of hydrogen-bond donors (Lipinski definition) is 0. The van der Waals surface area contributed by atoms with E-state index in [1.807, 2.05) is 44.2 Å². The second kappa shape index (κ2) is 9.06. The van der Waals surface area contributed by atoms with Crippen LogP contribution in [0.25, 0.3) is 5.57 Å². The van der Waals surface area contributed by atoms with E-state index < -0.39 is 0 Å². The van der Waals surface area contributed by atoms with E-state index in [0.717, 1.165) is 36.2 Å². The van der Waals surface area contributed by atoms with Gasteiger partial charge in [-0.2, -0.15) is 0 Å². The third-order valence-electron chi connectivity index (χ3n) is 6.19. The molecule has 0 saturated carbocycles. The first kappa shape index (κ1) is 21.3. The van der Waals surface area contributed by atoms with Crippen molar-refractivity contribution in [2.24, 2.45) is 0 Å². The lowest BCUT2D eigenvalue weighted by molar-refractivity contribution is -0.137. The van der Waals surface area contributed by atoms with Gasteiger partial charge in [-0.05, 0) is 68.4 Å². The van der Waals surface area contributed by atoms with E-state index in [0.29, 0.717) is 37.4 Å². The molecule has 2 aliphatic heterocycles. The van der Waals surface area contributed by atoms with Crippen molar-refractivity contribution in [3.05, 3.63) is 70.4 Å². The molecule has 0 aliphatic carbocycles. The van der Waals surface area contributed by atoms with Gasteiger partial charge < -0.3 is 9.64 Å². The van der Waals surface area contributed by atoms with Gasteiger partial charge in [-0.1, -0.05) is 36.4 Å². The van der Waals surface area contributed by atoms with Gasteiger partial charge in [-0.25, -0.2) is 0 Å². The molecule has 0 bridgehead atoms. The highest BCUT2D eigenvalue weighted by Crippen LogP contribution is 2.38. The molecule has 4 rings (SSSR count). The molecule has 5 nitrogen and oxygen atoms in total. The number of nitrogens with zero attached hydrogens (tertiary/aromatic N) is 2. The van der Waals surface area contributed by atoms with Crippen LogP contribution in [0.3, 0.4) is 0 Å². The molecule has 2 aromatic rings. The van der Waals surface area contributed by atoms with E-state index in [2.05, 4.69) is 24.0 Å². The molecule has 0 spiro atoms. The van der Waals surface area contributed by atoms with Crippen LogP contribution in [0.2, 0.25) is 0 Å². The number of fused-ring (bicyclic) bond motifs is 1. The van der Waals surface area contributed by atoms with Gasteiger partial charge >= 0.3 is 0 Å². The minimum atomic E-state index is -0.206. The molecule has 2 aromatic carbocycles. The smallest absolute Gasteiger partial charge is 0.278 e. The van der Waals surface area contributed by atoms with Crippen LogP contribution in [-0.2, 0) is 20.7 Å². The van der Waals surface area contributed by atoms with Crippen LogP contribution in [0, 0.1) is 13.8 Å². The fourth-order valence-corrected chi connectivity index (χ4v) is 4.41. The van der Waals surface area contributed by atoms with E-state index in [4.69, 9.17) is 4.74 Å². The third kappa shape index (κ3) is 4.02. The lowest BCUT2D eigenvalue weighted by atomic mass is 9.97. The van der Waals surface area contributed by atoms with Crippen LogP contribution < -0.4 is 4.90 Å². The SMILES string of the molecule is CCOCCCN1C(=O)C(c2ccc(C)c(C)c2)=C(N2CCCc3ccccc32)C1=O. The van der Waals surface area contributed by atoms with Gasteiger partial charge in [0.2, 0.25) is 0 Å². The van der Waals surface area contributed by atoms with Crippen molar-refractivity contribution in [3.8, 4) is 0 Å². The summed E-state index contributed by atoms with van der Waals surface area (Å²) < 4.78 is 5.42. The summed E-state index contributed by atoms with van der Waals surface area (Å²) in [6, 6.07) is 14.2. The van der Waals surface area contributed by atoms with Gasteiger partial charge in [0.25, 0.3) is 11.8 Å². The zero-order chi connectivity index (χ0) is 22.0. The number of imide groups is 1. The summed E-state index contributed by atoms with van der Waals surface area (Å²) in [7, 11) is 0. The van der Waals surface area contributed by atoms with Crippen LogP contribution in [0.15, 0.2) is 48.2 Å². The predicted octanol–water partition coefficient (Wildman–Crippen LogP) is 4.26. The molecule has 2 amide bonds. The monoisotopic (exact) mass is 418 g/mol. The molecule has 2 aliphatic rings. The van der Waals surface area contributed by atoms with Crippen molar-refractivity contribution in [3.63, 3.8) is 0 Å². The molecule has 5 heteroatoms. The first-order chi connectivity index (χ1) is 15.0. The van der Waals surface area contributed by atoms with Crippen molar-refractivity contribution >= 4 is 23.1 Å². The van der Waals surface area contributed by atoms with Gasteiger partial charge in [0.15, 0.2) is 0 Å². The van der Waals surface area contributed by atoms with E-state index in [-0.39, 0.29) is 11.8 Å². The molecule has 0 atom stereocenters. The first-order valence-corrected chi connectivity index (χ1v) is 11.1. The number of amides is 2. The molecule has 0 saturated heterocycles. The normalized spacial score (nSPS) is 16.4. The van der Waals surface area contributed by atoms with Gasteiger partial charge in [-0.15, -0.1) is 0 Å². The molecule has 0 radical (unpaired) electrons. The number of anilines is 1. The van der Waals surface area contributed by atoms with E-state index >= 15 is 0 Å². The molecule has 0 unspecified atom stereocenters. The Hall–Kier alpha value is -2.92. The molecule has 31 heavy (non-hydrogen) atoms. The number of rotatable bonds is 7. The highest BCUT2D eigenvalue weighted by Gasteiger charge is 2.42. The zero-order valence-corrected chi connectivity index (χ0v) is 18.6. The summed E-state index contributed by atoms with van der Waals surface area (Å²) in [5.74, 6) is -0.408. The lowest BCUT2D eigenvalue weighted by Gasteiger charge is -2.32. The fourth-order valence-electron chi connectivity index (χ4n) is 4.41. The molecular weight excluding hydrogens is 388 g/mol. The minimum Gasteiger partial charge on any atom is -0.382 e. The Morgan fingerprint density at radius 1 is 1.00 bits per heavy atom. The zero-order valence-electron chi connectivity index (χ0n) is 18.6. The maximum atomic E-state index is 13.6. The Morgan fingerprint density at radius 2 is 1.81 bits per heavy atom. The van der Waals surface area contributed by atoms with Gasteiger partial charge in [-0.3, -0.25) is 14.5 Å². The van der Waals surface area contributed by atoms with Crippen LogP contribution in [0.1, 0.15) is 42.0 Å². The Morgan fingerprint density at radius 3 is 2.58 bits per heavy atom. The summed E-state index contributed by atoms with van der Waals surface area (Å²) in [6.45, 7) is 8.29. The second-order valence-corrected chi connectivity index (χ2v) is 8.22. The predicted molar refractivity (Wildman–Crippen MR) is 123 cm³/mol. The number of carbonyl (C=O) groups is 2. The number of benzene rings is 2. The maximum Gasteiger partial charge on any atom is 0.278 e. The molecule has 0 fully saturated rings. The van der Waals surface area contributed by atoms with Crippen LogP contribution in [0.4, 0.5) is 5.69 Å². The molecule has 2 heterocycles. The van der Waals surface area contributed by atoms with E-state index in [1.165, 1.54) is 16.0 Å². The highest BCUT2D eigenvalue weighted by atomic mass is 16.5. The average Bonchev–Trinajstić information content (AvgIpc) is 3.02. The summed E-state index contributed by atoms with van der Waals surface area (Å²) in [5.41, 5.74) is 6.36. The molecular formula is C26H30N2O3. The summed E-state index contributed by atoms with van der Waals surface area (Å²) in [5, 5.41) is 0. The summed E-state index contributed by atoms with van der Waals surface area (Å²) in [6.07, 6.45) is 2.57. The quantitative estimate of drug-likeness (QED) is 0.498. The summed E-state index contributed by atoms with van der Waals surface area (Å²) >= 11 is 0. The van der Waals surface area contributed by atoms with E-state index in [9.17, 15) is 9.59 Å². The second-order valence-electron chi connectivity index (χ2n) is 8.22. The largest absolute Gasteiger partial charge is 0.382 e. The Labute approximate surface area is 184 Å². The Kier molecular flexibility index (Phi) is 6.23. The van der Waals surface area contributed by atoms with Crippen LogP contribution >= 0.6 is 0 Å². The summed E-state index contributed by atoms with van der Waals surface area (Å²) in [4.78, 5) is 30.6. The highest BCUT2D eigenvalue weighted by molar-refractivity contribution is 6.36. The lowest BCUT2D eigenvalue weighted by Crippen LogP contribution is -2.37. The van der Waals surface area contributed by atoms with Gasteiger partial charge in [0.1, 0.15) is 5.70 Å². The van der Waals surface area contributed by atoms with Gasteiger partial charge in [0.05, 0.1) is 5.57 Å². The Bertz CT molecular complexity index is 1040. The molecule has 162 valence electrons. The number of ether oxygens (including phenoxy) is 1. The van der Waals surface area contributed by atoms with Crippen LogP contribution in [0.5, 0.6) is 0 Å². The van der Waals surface area contributed by atoms with Crippen LogP contribution in [-0.4, -0.2) is 43.0 Å². The molecule has 0 N–H and O–H groups in total. The fraction of sp³-hybridized carbons (Fsp3) is 0.385. The number of hydrogen-bond acceptors (Lipinski definition) is 4. The third-order valence-corrected chi connectivity index (χ3v) is 6.19. The van der Waals surface area contributed by atoms with E-state index in [1.54, 1.807) is 0 Å². The standard InChI is InChI=1S/C26H30N2O3/c1-4-31-16-8-15-28-25(29)23(21-13-12-18(2)19(3)17-21)24(26(28)30)27-14-7-10-20-9-5-6-11-22(20)27/h5-6,9,11-13,17H,4,7-8,10,14-16H2,1-3H3. The number of carbonyl (C=O) groups excluding carboxylic acids is 2. The molecule has 0 aromatic heterocycles. The average molecular weight is 419 g/mol. The topological polar surface area (TPSA) is 49.9 Å². The number of aryl methyl sites for hydroxylation is 3. The van der Waals surface area contributed by atoms with Gasteiger partial charge in [0, 0.05) is 32.0 Å². The first-order valence-electron chi connectivity index (χ1n) is 11.1. The van der Waals surface area contributed by atoms with Crippen molar-refractivity contribution < 1.29 is 14.3 Å². The minimum absolute atomic E-state index is 0.202.